The molecule has 0 amide bonds. The number of carbonyl (C=O) groups excluding carboxylic acids is 1. The van der Waals surface area contributed by atoms with Crippen molar-refractivity contribution < 1.29 is 19.4 Å². The summed E-state index contributed by atoms with van der Waals surface area (Å²) >= 11 is 0. The van der Waals surface area contributed by atoms with E-state index in [0.717, 1.165) is 24.1 Å². The van der Waals surface area contributed by atoms with Gasteiger partial charge in [-0.2, -0.15) is 0 Å². The highest BCUT2D eigenvalue weighted by Gasteiger charge is 2.23. The van der Waals surface area contributed by atoms with E-state index >= 15 is 0 Å². The standard InChI is InChI=1S/C17H22N2O4/c1-3-23-17(21)13-8-6-12(7-9-13)15-16(20)18-11-14(19-15)5-4-10-22-2/h6-9,11,15-16,20H,3-5,10H2,1-2H3. The maximum atomic E-state index is 11.7. The Labute approximate surface area is 135 Å². The molecule has 23 heavy (non-hydrogen) atoms. The van der Waals surface area contributed by atoms with Gasteiger partial charge in [-0.3, -0.25) is 9.98 Å². The molecule has 1 heterocycles. The highest BCUT2D eigenvalue weighted by molar-refractivity contribution is 6.31. The van der Waals surface area contributed by atoms with E-state index in [-0.39, 0.29) is 5.97 Å². The minimum Gasteiger partial charge on any atom is -0.462 e. The monoisotopic (exact) mass is 318 g/mol. The fourth-order valence-electron chi connectivity index (χ4n) is 2.33. The van der Waals surface area contributed by atoms with Crippen LogP contribution in [0.4, 0.5) is 0 Å². The molecular weight excluding hydrogens is 296 g/mol. The van der Waals surface area contributed by atoms with Crippen molar-refractivity contribution in [2.75, 3.05) is 20.3 Å². The smallest absolute Gasteiger partial charge is 0.338 e. The summed E-state index contributed by atoms with van der Waals surface area (Å²) < 4.78 is 9.98. The van der Waals surface area contributed by atoms with Crippen LogP contribution in [0.5, 0.6) is 0 Å². The van der Waals surface area contributed by atoms with Crippen molar-refractivity contribution in [3.8, 4) is 0 Å². The van der Waals surface area contributed by atoms with Gasteiger partial charge in [-0.15, -0.1) is 0 Å². The van der Waals surface area contributed by atoms with Gasteiger partial charge in [0.05, 0.1) is 17.9 Å². The first-order valence-corrected chi connectivity index (χ1v) is 7.69. The molecule has 0 saturated heterocycles. The molecule has 0 aliphatic carbocycles. The Morgan fingerprint density at radius 1 is 1.30 bits per heavy atom. The number of nitrogens with zero attached hydrogens (tertiary/aromatic N) is 2. The molecule has 0 fully saturated rings. The van der Waals surface area contributed by atoms with Gasteiger partial charge < -0.3 is 14.6 Å². The third-order valence-corrected chi connectivity index (χ3v) is 3.51. The Bertz CT molecular complexity index is 581. The van der Waals surface area contributed by atoms with Gasteiger partial charge in [0.25, 0.3) is 0 Å². The van der Waals surface area contributed by atoms with Crippen LogP contribution in [-0.2, 0) is 9.47 Å². The van der Waals surface area contributed by atoms with Gasteiger partial charge >= 0.3 is 5.97 Å². The van der Waals surface area contributed by atoms with Crippen molar-refractivity contribution in [3.05, 3.63) is 35.4 Å². The van der Waals surface area contributed by atoms with Gasteiger partial charge in [0.15, 0.2) is 6.23 Å². The number of rotatable bonds is 7. The molecule has 1 aliphatic heterocycles. The highest BCUT2D eigenvalue weighted by atomic mass is 16.5. The minimum absolute atomic E-state index is 0.339. The zero-order valence-electron chi connectivity index (χ0n) is 13.4. The average molecular weight is 318 g/mol. The largest absolute Gasteiger partial charge is 0.462 e. The zero-order chi connectivity index (χ0) is 16.7. The second-order valence-electron chi connectivity index (χ2n) is 5.20. The summed E-state index contributed by atoms with van der Waals surface area (Å²) in [5.41, 5.74) is 2.13. The number of aliphatic hydroxyl groups is 1. The van der Waals surface area contributed by atoms with Gasteiger partial charge in [0.2, 0.25) is 0 Å². The van der Waals surface area contributed by atoms with E-state index in [2.05, 4.69) is 9.98 Å². The number of carbonyl (C=O) groups is 1. The SMILES string of the molecule is CCOC(=O)c1ccc(C2N=C(CCCOC)C=NC2O)cc1. The number of hydrogen-bond acceptors (Lipinski definition) is 6. The Kier molecular flexibility index (Phi) is 6.43. The minimum atomic E-state index is -0.908. The quantitative estimate of drug-likeness (QED) is 0.617. The lowest BCUT2D eigenvalue weighted by atomic mass is 10.0. The van der Waals surface area contributed by atoms with Crippen LogP contribution in [0.25, 0.3) is 0 Å². The van der Waals surface area contributed by atoms with Gasteiger partial charge in [0, 0.05) is 19.9 Å². The number of ether oxygens (including phenoxy) is 2. The number of esters is 1. The molecule has 1 aliphatic rings. The molecule has 0 aromatic heterocycles. The second kappa shape index (κ2) is 8.55. The maximum Gasteiger partial charge on any atom is 0.338 e. The summed E-state index contributed by atoms with van der Waals surface area (Å²) in [6.07, 6.45) is 2.31. The van der Waals surface area contributed by atoms with Crippen LogP contribution >= 0.6 is 0 Å². The van der Waals surface area contributed by atoms with Crippen molar-refractivity contribution in [2.24, 2.45) is 9.98 Å². The van der Waals surface area contributed by atoms with Crippen LogP contribution in [0.2, 0.25) is 0 Å². The molecule has 1 aromatic carbocycles. The van der Waals surface area contributed by atoms with Crippen molar-refractivity contribution in [3.63, 3.8) is 0 Å². The zero-order valence-corrected chi connectivity index (χ0v) is 13.4. The summed E-state index contributed by atoms with van der Waals surface area (Å²) in [5.74, 6) is -0.356. The predicted molar refractivity (Wildman–Crippen MR) is 88.2 cm³/mol. The molecule has 6 heteroatoms. The van der Waals surface area contributed by atoms with Gasteiger partial charge in [0.1, 0.15) is 6.04 Å². The number of aliphatic imine (C=N–C) groups is 2. The second-order valence-corrected chi connectivity index (χ2v) is 5.20. The number of aliphatic hydroxyl groups excluding tert-OH is 1. The lowest BCUT2D eigenvalue weighted by molar-refractivity contribution is 0.0526. The Morgan fingerprint density at radius 3 is 2.70 bits per heavy atom. The summed E-state index contributed by atoms with van der Waals surface area (Å²) in [6.45, 7) is 2.77. The third-order valence-electron chi connectivity index (χ3n) is 3.51. The van der Waals surface area contributed by atoms with E-state index in [4.69, 9.17) is 9.47 Å². The van der Waals surface area contributed by atoms with Gasteiger partial charge in [-0.25, -0.2) is 4.79 Å². The van der Waals surface area contributed by atoms with Crippen LogP contribution in [0.1, 0.15) is 41.7 Å². The van der Waals surface area contributed by atoms with Crippen molar-refractivity contribution in [2.45, 2.75) is 32.0 Å². The van der Waals surface area contributed by atoms with E-state index in [9.17, 15) is 9.90 Å². The molecule has 2 atom stereocenters. The molecular formula is C17H22N2O4. The number of hydrogen-bond donors (Lipinski definition) is 1. The Hall–Kier alpha value is -2.05. The number of methoxy groups -OCH3 is 1. The molecule has 1 N–H and O–H groups in total. The molecule has 2 rings (SSSR count). The molecule has 0 radical (unpaired) electrons. The molecule has 0 spiro atoms. The molecule has 124 valence electrons. The van der Waals surface area contributed by atoms with E-state index in [1.165, 1.54) is 0 Å². The topological polar surface area (TPSA) is 80.5 Å². The van der Waals surface area contributed by atoms with Gasteiger partial charge in [-0.05, 0) is 37.5 Å². The van der Waals surface area contributed by atoms with Crippen LogP contribution in [0, 0.1) is 0 Å². The summed E-state index contributed by atoms with van der Waals surface area (Å²) in [7, 11) is 1.66. The van der Waals surface area contributed by atoms with Crippen LogP contribution in [0.3, 0.4) is 0 Å². The lowest BCUT2D eigenvalue weighted by Gasteiger charge is -2.21. The van der Waals surface area contributed by atoms with E-state index in [1.54, 1.807) is 44.5 Å². The molecule has 0 bridgehead atoms. The number of benzene rings is 1. The first-order valence-electron chi connectivity index (χ1n) is 7.69. The fourth-order valence-corrected chi connectivity index (χ4v) is 2.33. The lowest BCUT2D eigenvalue weighted by Crippen LogP contribution is -2.22. The van der Waals surface area contributed by atoms with Crippen molar-refractivity contribution in [1.82, 2.24) is 0 Å². The first kappa shape index (κ1) is 17.3. The summed E-state index contributed by atoms with van der Waals surface area (Å²) in [6, 6.07) is 6.46. The van der Waals surface area contributed by atoms with Crippen LogP contribution in [-0.4, -0.2) is 49.6 Å². The van der Waals surface area contributed by atoms with Crippen molar-refractivity contribution >= 4 is 17.9 Å². The van der Waals surface area contributed by atoms with Crippen LogP contribution < -0.4 is 0 Å². The Morgan fingerprint density at radius 2 is 2.04 bits per heavy atom. The van der Waals surface area contributed by atoms with Crippen LogP contribution in [0.15, 0.2) is 34.3 Å². The van der Waals surface area contributed by atoms with Crippen molar-refractivity contribution in [1.29, 1.82) is 0 Å². The Balaban J connectivity index is 2.09. The van der Waals surface area contributed by atoms with E-state index < -0.39 is 12.3 Å². The summed E-state index contributed by atoms with van der Waals surface area (Å²) in [4.78, 5) is 20.3. The van der Waals surface area contributed by atoms with E-state index in [1.807, 2.05) is 0 Å². The summed E-state index contributed by atoms with van der Waals surface area (Å²) in [5, 5.41) is 10.1. The maximum absolute atomic E-state index is 11.7. The predicted octanol–water partition coefficient (Wildman–Crippen LogP) is 2.17. The van der Waals surface area contributed by atoms with E-state index in [0.29, 0.717) is 18.8 Å². The molecule has 1 aromatic rings. The first-order chi connectivity index (χ1) is 11.2. The molecule has 6 nitrogen and oxygen atoms in total. The third kappa shape index (κ3) is 4.71. The fraction of sp³-hybridized carbons (Fsp3) is 0.471. The van der Waals surface area contributed by atoms with Gasteiger partial charge in [-0.1, -0.05) is 12.1 Å². The molecule has 0 saturated carbocycles. The molecule has 2 unspecified atom stereocenters. The highest BCUT2D eigenvalue weighted by Crippen LogP contribution is 2.25. The average Bonchev–Trinajstić information content (AvgIpc) is 2.57. The normalized spacial score (nSPS) is 20.2.